The Hall–Kier alpha value is -2.09. The summed E-state index contributed by atoms with van der Waals surface area (Å²) < 4.78 is 0. The average Bonchev–Trinajstić information content (AvgIpc) is 2.70. The molecule has 2 aromatic rings. The molecule has 1 N–H and O–H groups in total. The van der Waals surface area contributed by atoms with Crippen LogP contribution in [0.4, 0.5) is 0 Å². The van der Waals surface area contributed by atoms with Gasteiger partial charge < -0.3 is 5.32 Å². The molecule has 3 rings (SSSR count). The van der Waals surface area contributed by atoms with Crippen molar-refractivity contribution in [1.29, 1.82) is 0 Å². The minimum Gasteiger partial charge on any atom is -0.341 e. The van der Waals surface area contributed by atoms with Crippen molar-refractivity contribution in [2.75, 3.05) is 0 Å². The maximum atomic E-state index is 11.9. The second-order valence-electron chi connectivity index (χ2n) is 4.35. The molecule has 1 aliphatic heterocycles. The summed E-state index contributed by atoms with van der Waals surface area (Å²) in [4.78, 5) is 11.9. The Bertz CT molecular complexity index is 575. The van der Waals surface area contributed by atoms with Crippen LogP contribution in [0.1, 0.15) is 33.1 Å². The molecule has 0 aromatic heterocycles. The first kappa shape index (κ1) is 10.1. The molecule has 1 amide bonds. The third-order valence-corrected chi connectivity index (χ3v) is 3.27. The molecular weight excluding hydrogens is 210 g/mol. The highest BCUT2D eigenvalue weighted by atomic mass is 16.2. The van der Waals surface area contributed by atoms with E-state index in [1.165, 1.54) is 0 Å². The summed E-state index contributed by atoms with van der Waals surface area (Å²) in [5.41, 5.74) is 4.21. The van der Waals surface area contributed by atoms with Crippen molar-refractivity contribution in [2.24, 2.45) is 0 Å². The molecule has 0 fully saturated rings. The van der Waals surface area contributed by atoms with Crippen molar-refractivity contribution in [3.63, 3.8) is 0 Å². The number of carbonyl (C=O) groups excluding carboxylic acids is 1. The quantitative estimate of drug-likeness (QED) is 0.791. The number of aryl methyl sites for hydroxylation is 1. The first-order valence-electron chi connectivity index (χ1n) is 5.72. The summed E-state index contributed by atoms with van der Waals surface area (Å²) in [6.45, 7) is 2.05. The lowest BCUT2D eigenvalue weighted by molar-refractivity contribution is 0.0960. The molecule has 1 aliphatic rings. The molecule has 0 aliphatic carbocycles. The fraction of sp³-hybridized carbons (Fsp3) is 0.133. The molecule has 2 aromatic carbocycles. The second kappa shape index (κ2) is 3.74. The molecule has 0 saturated heterocycles. The number of fused-ring (bicyclic) bond motifs is 1. The lowest BCUT2D eigenvalue weighted by atomic mass is 9.94. The predicted octanol–water partition coefficient (Wildman–Crippen LogP) is 2.83. The van der Waals surface area contributed by atoms with E-state index in [4.69, 9.17) is 0 Å². The Labute approximate surface area is 100 Å². The average molecular weight is 223 g/mol. The van der Waals surface area contributed by atoms with E-state index in [0.717, 1.165) is 22.3 Å². The van der Waals surface area contributed by atoms with E-state index in [9.17, 15) is 4.79 Å². The van der Waals surface area contributed by atoms with E-state index in [0.29, 0.717) is 0 Å². The fourth-order valence-electron chi connectivity index (χ4n) is 2.44. The van der Waals surface area contributed by atoms with Crippen LogP contribution in [0.3, 0.4) is 0 Å². The molecule has 2 heteroatoms. The van der Waals surface area contributed by atoms with Gasteiger partial charge in [0.2, 0.25) is 0 Å². The number of hydrogen-bond acceptors (Lipinski definition) is 1. The first-order chi connectivity index (χ1) is 8.27. The van der Waals surface area contributed by atoms with Gasteiger partial charge in [0.05, 0.1) is 6.04 Å². The predicted molar refractivity (Wildman–Crippen MR) is 66.9 cm³/mol. The zero-order chi connectivity index (χ0) is 11.8. The van der Waals surface area contributed by atoms with Gasteiger partial charge in [-0.25, -0.2) is 0 Å². The Kier molecular flexibility index (Phi) is 2.22. The van der Waals surface area contributed by atoms with Gasteiger partial charge in [0, 0.05) is 5.56 Å². The van der Waals surface area contributed by atoms with Gasteiger partial charge in [0.15, 0.2) is 0 Å². The fourth-order valence-corrected chi connectivity index (χ4v) is 2.44. The largest absolute Gasteiger partial charge is 0.341 e. The summed E-state index contributed by atoms with van der Waals surface area (Å²) in [7, 11) is 0. The molecule has 0 bridgehead atoms. The SMILES string of the molecule is Cc1cccc2c1C(c1ccccc1)NC2=O. The zero-order valence-electron chi connectivity index (χ0n) is 9.60. The molecule has 0 saturated carbocycles. The van der Waals surface area contributed by atoms with Gasteiger partial charge in [0.25, 0.3) is 5.91 Å². The van der Waals surface area contributed by atoms with Gasteiger partial charge >= 0.3 is 0 Å². The number of carbonyl (C=O) groups is 1. The van der Waals surface area contributed by atoms with Crippen molar-refractivity contribution < 1.29 is 4.79 Å². The zero-order valence-corrected chi connectivity index (χ0v) is 9.60. The smallest absolute Gasteiger partial charge is 0.252 e. The Balaban J connectivity index is 2.16. The van der Waals surface area contributed by atoms with Gasteiger partial charge in [-0.3, -0.25) is 4.79 Å². The van der Waals surface area contributed by atoms with E-state index >= 15 is 0 Å². The molecule has 1 heterocycles. The van der Waals surface area contributed by atoms with Crippen LogP contribution >= 0.6 is 0 Å². The van der Waals surface area contributed by atoms with E-state index in [1.54, 1.807) is 0 Å². The normalized spacial score (nSPS) is 17.7. The van der Waals surface area contributed by atoms with Gasteiger partial charge in [-0.15, -0.1) is 0 Å². The van der Waals surface area contributed by atoms with E-state index in [-0.39, 0.29) is 11.9 Å². The monoisotopic (exact) mass is 223 g/mol. The van der Waals surface area contributed by atoms with Crippen molar-refractivity contribution >= 4 is 5.91 Å². The number of nitrogens with one attached hydrogen (secondary N) is 1. The van der Waals surface area contributed by atoms with Crippen LogP contribution in [0.25, 0.3) is 0 Å². The van der Waals surface area contributed by atoms with Crippen LogP contribution in [-0.4, -0.2) is 5.91 Å². The van der Waals surface area contributed by atoms with Gasteiger partial charge in [-0.2, -0.15) is 0 Å². The van der Waals surface area contributed by atoms with Crippen LogP contribution in [-0.2, 0) is 0 Å². The maximum Gasteiger partial charge on any atom is 0.252 e. The Morgan fingerprint density at radius 2 is 1.76 bits per heavy atom. The highest BCUT2D eigenvalue weighted by molar-refractivity contribution is 6.00. The standard InChI is InChI=1S/C15H13NO/c1-10-6-5-9-12-13(10)14(16-15(12)17)11-7-3-2-4-8-11/h2-9,14H,1H3,(H,16,17). The molecule has 1 atom stereocenters. The van der Waals surface area contributed by atoms with Crippen LogP contribution in [0.5, 0.6) is 0 Å². The Morgan fingerprint density at radius 1 is 1.00 bits per heavy atom. The highest BCUT2D eigenvalue weighted by Gasteiger charge is 2.30. The van der Waals surface area contributed by atoms with Crippen molar-refractivity contribution in [2.45, 2.75) is 13.0 Å². The summed E-state index contributed by atoms with van der Waals surface area (Å²) in [6.07, 6.45) is 0. The molecule has 17 heavy (non-hydrogen) atoms. The van der Waals surface area contributed by atoms with Crippen molar-refractivity contribution in [3.8, 4) is 0 Å². The maximum absolute atomic E-state index is 11.9. The van der Waals surface area contributed by atoms with Crippen LogP contribution in [0.15, 0.2) is 48.5 Å². The molecule has 2 nitrogen and oxygen atoms in total. The van der Waals surface area contributed by atoms with Crippen molar-refractivity contribution in [3.05, 3.63) is 70.8 Å². The van der Waals surface area contributed by atoms with E-state index < -0.39 is 0 Å². The molecule has 0 radical (unpaired) electrons. The lowest BCUT2D eigenvalue weighted by Gasteiger charge is -2.13. The summed E-state index contributed by atoms with van der Waals surface area (Å²) in [5, 5.41) is 3.04. The summed E-state index contributed by atoms with van der Waals surface area (Å²) >= 11 is 0. The van der Waals surface area contributed by atoms with Gasteiger partial charge in [-0.1, -0.05) is 42.5 Å². The third kappa shape index (κ3) is 1.53. The Morgan fingerprint density at radius 3 is 2.53 bits per heavy atom. The summed E-state index contributed by atoms with van der Waals surface area (Å²) in [6, 6.07) is 15.9. The molecule has 84 valence electrons. The van der Waals surface area contributed by atoms with E-state index in [2.05, 4.69) is 18.3 Å². The van der Waals surface area contributed by atoms with E-state index in [1.807, 2.05) is 42.5 Å². The van der Waals surface area contributed by atoms with Crippen LogP contribution in [0.2, 0.25) is 0 Å². The first-order valence-corrected chi connectivity index (χ1v) is 5.72. The number of rotatable bonds is 1. The molecule has 1 unspecified atom stereocenters. The second-order valence-corrected chi connectivity index (χ2v) is 4.35. The minimum atomic E-state index is -0.0000926. The number of amides is 1. The summed E-state index contributed by atoms with van der Waals surface area (Å²) in [5.74, 6) is 0.0255. The molecule has 0 spiro atoms. The topological polar surface area (TPSA) is 29.1 Å². The van der Waals surface area contributed by atoms with Gasteiger partial charge in [-0.05, 0) is 29.7 Å². The van der Waals surface area contributed by atoms with Crippen LogP contribution < -0.4 is 5.32 Å². The van der Waals surface area contributed by atoms with Gasteiger partial charge in [0.1, 0.15) is 0 Å². The third-order valence-electron chi connectivity index (χ3n) is 3.27. The molecular formula is C15H13NO. The highest BCUT2D eigenvalue weighted by Crippen LogP contribution is 2.32. The number of benzene rings is 2. The lowest BCUT2D eigenvalue weighted by Crippen LogP contribution is -2.19. The van der Waals surface area contributed by atoms with Crippen LogP contribution in [0, 0.1) is 6.92 Å². The van der Waals surface area contributed by atoms with Crippen molar-refractivity contribution in [1.82, 2.24) is 5.32 Å². The minimum absolute atomic E-state index is 0.0000926. The number of hydrogen-bond donors (Lipinski definition) is 1.